The Morgan fingerprint density at radius 1 is 0.295 bits per heavy atom. The predicted molar refractivity (Wildman–Crippen MR) is 212 cm³/mol. The molecule has 4 rings (SSSR count). The Morgan fingerprint density at radius 3 is 0.393 bits per heavy atom. The topological polar surface area (TPSA) is 326 Å². The normalized spacial score (nSPS) is 6.46. The van der Waals surface area contributed by atoms with Crippen LogP contribution >= 0.6 is 116 Å². The molecule has 0 unspecified atom stereocenters. The molecule has 0 bridgehead atoms. The summed E-state index contributed by atoms with van der Waals surface area (Å²) in [5, 5.41) is 37.1. The van der Waals surface area contributed by atoms with E-state index in [2.05, 4.69) is 66.3 Å². The number of aliphatic carboxylic acids is 4. The van der Waals surface area contributed by atoms with Crippen LogP contribution in [-0.4, -0.2) is 83.4 Å². The Bertz CT molecular complexity index is 932. The number of hydrogen-bond acceptors (Lipinski definition) is 12. The molecule has 0 saturated carbocycles. The van der Waals surface area contributed by atoms with Crippen molar-refractivity contribution in [2.75, 3.05) is 39.5 Å². The number of alkyl halides is 10. The molecule has 0 spiro atoms. The molecule has 0 aliphatic heterocycles. The summed E-state index contributed by atoms with van der Waals surface area (Å²) in [5.74, 6) is -6.59. The molecule has 4 heterocycles. The first-order valence-electron chi connectivity index (χ1n) is 13.1. The van der Waals surface area contributed by atoms with Gasteiger partial charge in [0.05, 0.1) is 63.4 Å². The largest absolute Gasteiger partial charge is 3.00 e. The van der Waals surface area contributed by atoms with Gasteiger partial charge >= 0.3 is 67.1 Å². The molecule has 4 aromatic heterocycles. The summed E-state index contributed by atoms with van der Waals surface area (Å²) in [6.07, 6.45) is 14.0. The first-order chi connectivity index (χ1) is 25.3. The fourth-order valence-corrected chi connectivity index (χ4v) is 1.25. The van der Waals surface area contributed by atoms with Crippen LogP contribution in [0.3, 0.4) is 0 Å². The van der Waals surface area contributed by atoms with Gasteiger partial charge in [-0.2, -0.15) is 0 Å². The molecule has 16 nitrogen and oxygen atoms in total. The van der Waals surface area contributed by atoms with Gasteiger partial charge in [-0.25, -0.2) is 0 Å². The van der Waals surface area contributed by atoms with E-state index in [4.69, 9.17) is 109 Å². The van der Waals surface area contributed by atoms with Crippen molar-refractivity contribution in [2.45, 2.75) is 0 Å². The number of carbonyl (C=O) groups excluding carboxylic acids is 4. The van der Waals surface area contributed by atoms with Gasteiger partial charge < -0.3 is 61.5 Å². The number of pyridine rings is 4. The van der Waals surface area contributed by atoms with Crippen LogP contribution in [0.15, 0.2) is 122 Å². The monoisotopic (exact) mass is 1240 g/mol. The number of carboxylic acid groups (broad SMARTS) is 4. The molecule has 0 aliphatic rings. The molecule has 0 aromatic carbocycles. The van der Waals surface area contributed by atoms with Crippen LogP contribution in [0.25, 0.3) is 0 Å². The Hall–Kier alpha value is -0.754. The Balaban J connectivity index is -0.0000000292. The minimum absolute atomic E-state index is 0. The molecule has 0 amide bonds. The van der Waals surface area contributed by atoms with Crippen molar-refractivity contribution in [3.05, 3.63) is 122 Å². The summed E-state index contributed by atoms with van der Waals surface area (Å²) in [7, 11) is 0. The average Bonchev–Trinajstić information content (AvgIpc) is 3.20. The van der Waals surface area contributed by atoms with Crippen molar-refractivity contribution in [1.29, 1.82) is 0 Å². The third-order valence-corrected chi connectivity index (χ3v) is 3.58. The zero-order valence-electron chi connectivity index (χ0n) is 30.3. The molecule has 0 N–H and O–H groups in total. The van der Waals surface area contributed by atoms with Crippen LogP contribution in [0.5, 0.6) is 0 Å². The number of rotatable bonds is 4. The Kier molecular flexibility index (Phi) is 191. The standard InChI is InChI=1S/4C5H5N.4C2H3ClO2.3CH2Cl2.4Co.4O/c4*1-2-4-6-5-3-1;4*3-1-2(4)5;3*2-1-3;;;;;;;;/h4*1-5H;4*1H2,(H,4,5);3*1H2;;;;;;;;/q;;;;;;;;;;;4*+3;4*-2/p-4. The number of carboxylic acids is 4. The van der Waals surface area contributed by atoms with Crippen LogP contribution in [0.2, 0.25) is 0 Å². The fraction of sp³-hybridized carbons (Fsp3) is 0.226. The Labute approximate surface area is 446 Å². The minimum atomic E-state index is -1.23. The number of carbonyl (C=O) groups is 4. The number of halogens is 10. The second-order valence-corrected chi connectivity index (χ2v) is 9.92. The van der Waals surface area contributed by atoms with E-state index in [0.717, 1.165) is 0 Å². The SMILES string of the molecule is ClCCl.ClCCl.ClCCl.O=C([O-])CCl.O=C([O-])CCl.O=C([O-])CCl.O=C([O-])CCl.[Co+3].[Co+3].[Co+3].[Co+3].[O-2].[O-2].[O-2].[O-2].c1ccncc1.c1ccncc1.c1ccncc1.c1ccncc1. The maximum absolute atomic E-state index is 9.12. The fourth-order valence-electron chi connectivity index (χ4n) is 1.25. The average molecular weight is 1240 g/mol. The van der Waals surface area contributed by atoms with E-state index in [9.17, 15) is 0 Å². The summed E-state index contributed by atoms with van der Waals surface area (Å²) in [4.78, 5) is 51.6. The second kappa shape index (κ2) is 113. The zero-order valence-corrected chi connectivity index (χ0v) is 42.0. The maximum atomic E-state index is 9.12. The van der Waals surface area contributed by atoms with E-state index in [1.165, 1.54) is 0 Å². The molecule has 0 atom stereocenters. The van der Waals surface area contributed by atoms with Gasteiger partial charge in [-0.1, -0.05) is 24.3 Å². The van der Waals surface area contributed by atoms with E-state index >= 15 is 0 Å². The summed E-state index contributed by atoms with van der Waals surface area (Å²) >= 11 is 47.3. The van der Waals surface area contributed by atoms with Gasteiger partial charge in [-0.05, 0) is 48.5 Å². The van der Waals surface area contributed by atoms with Crippen molar-refractivity contribution in [3.8, 4) is 0 Å². The predicted octanol–water partition coefficient (Wildman–Crippen LogP) is 4.01. The number of aromatic nitrogens is 4. The summed E-state index contributed by atoms with van der Waals surface area (Å²) in [5.41, 5.74) is 0. The van der Waals surface area contributed by atoms with Gasteiger partial charge in [0, 0.05) is 49.6 Å². The van der Waals surface area contributed by atoms with Crippen LogP contribution < -0.4 is 20.4 Å². The molecule has 0 fully saturated rings. The number of nitrogens with zero attached hydrogens (tertiary/aromatic N) is 4. The van der Waals surface area contributed by atoms with Crippen molar-refractivity contribution in [1.82, 2.24) is 19.9 Å². The van der Waals surface area contributed by atoms with Crippen LogP contribution in [-0.2, 0) is 108 Å². The van der Waals surface area contributed by atoms with Gasteiger partial charge in [-0.15, -0.1) is 116 Å². The van der Waals surface area contributed by atoms with E-state index in [-0.39, 0.29) is 105 Å². The molecule has 0 radical (unpaired) electrons. The Morgan fingerprint density at radius 2 is 0.377 bits per heavy atom. The maximum Gasteiger partial charge on any atom is 3.00 e. The molecule has 0 saturated heterocycles. The number of hydrogen-bond donors (Lipinski definition) is 0. The van der Waals surface area contributed by atoms with Crippen molar-refractivity contribution in [3.63, 3.8) is 0 Å². The van der Waals surface area contributed by atoms with Crippen molar-refractivity contribution >= 4 is 140 Å². The van der Waals surface area contributed by atoms with Gasteiger partial charge in [0.15, 0.2) is 0 Å². The quantitative estimate of drug-likeness (QED) is 0.262. The molecule has 0 aliphatic carbocycles. The van der Waals surface area contributed by atoms with Gasteiger partial charge in [0.25, 0.3) is 0 Å². The van der Waals surface area contributed by atoms with Crippen LogP contribution in [0, 0.1) is 0 Å². The summed E-state index contributed by atoms with van der Waals surface area (Å²) in [6.45, 7) is 0. The van der Waals surface area contributed by atoms with E-state index in [0.29, 0.717) is 0 Å². The first kappa shape index (κ1) is 103. The van der Waals surface area contributed by atoms with Crippen molar-refractivity contribution in [2.24, 2.45) is 0 Å². The van der Waals surface area contributed by atoms with Gasteiger partial charge in [0.1, 0.15) is 0 Å². The third-order valence-electron chi connectivity index (χ3n) is 2.70. The zero-order chi connectivity index (χ0) is 42.2. The molecule has 30 heteroatoms. The van der Waals surface area contributed by atoms with Crippen LogP contribution in [0.4, 0.5) is 0 Å². The third kappa shape index (κ3) is 199. The summed E-state index contributed by atoms with van der Waals surface area (Å²) < 4.78 is 0. The smallest absolute Gasteiger partial charge is 2.00 e. The van der Waals surface area contributed by atoms with E-state index < -0.39 is 47.4 Å². The van der Waals surface area contributed by atoms with Gasteiger partial charge in [-0.3, -0.25) is 19.9 Å². The molecular formula is C31H34Cl10Co4N4O12. The van der Waals surface area contributed by atoms with E-state index in [1.807, 2.05) is 72.8 Å². The van der Waals surface area contributed by atoms with Gasteiger partial charge in [0.2, 0.25) is 0 Å². The van der Waals surface area contributed by atoms with Crippen LogP contribution in [0.1, 0.15) is 0 Å². The second-order valence-electron chi connectivity index (χ2n) is 6.42. The summed E-state index contributed by atoms with van der Waals surface area (Å²) in [6, 6.07) is 22.9. The molecular weight excluding hydrogens is 1210 g/mol. The van der Waals surface area contributed by atoms with E-state index in [1.54, 1.807) is 49.6 Å². The molecule has 356 valence electrons. The minimum Gasteiger partial charge on any atom is -2.00 e. The molecule has 4 aromatic rings. The molecule has 61 heavy (non-hydrogen) atoms. The first-order valence-corrected chi connectivity index (χ1v) is 18.5. The van der Waals surface area contributed by atoms with Crippen molar-refractivity contribution < 1.29 is 129 Å².